The molecule has 0 saturated carbocycles. The molecule has 5 rings (SSSR count). The summed E-state index contributed by atoms with van der Waals surface area (Å²) in [5.41, 5.74) is -1.23. The average Bonchev–Trinajstić information content (AvgIpc) is 2.97. The molecule has 4 aliphatic rings. The highest BCUT2D eigenvalue weighted by atomic mass is 31.3. The van der Waals surface area contributed by atoms with Crippen molar-refractivity contribution in [3.63, 3.8) is 0 Å². The molecule has 0 amide bonds. The fourth-order valence-corrected chi connectivity index (χ4v) is 9.37. The summed E-state index contributed by atoms with van der Waals surface area (Å²) in [4.78, 5) is 30.4. The number of hydrogen-bond acceptors (Lipinski definition) is 5. The van der Waals surface area contributed by atoms with Crippen molar-refractivity contribution in [2.45, 2.75) is 77.0 Å². The number of rotatable bonds is 8. The fourth-order valence-electron chi connectivity index (χ4n) is 7.74. The van der Waals surface area contributed by atoms with Crippen LogP contribution in [0.5, 0.6) is 11.5 Å². The van der Waals surface area contributed by atoms with Crippen LogP contribution in [0.15, 0.2) is 97.2 Å². The third kappa shape index (κ3) is 6.06. The first-order valence-electron chi connectivity index (χ1n) is 16.4. The molecule has 0 bridgehead atoms. The number of phosphoric ester groups is 1. The molecule has 0 aliphatic heterocycles. The number of phenols is 1. The first-order valence-corrected chi connectivity index (χ1v) is 19.4. The Kier molecular flexibility index (Phi) is 9.40. The second-order valence-corrected chi connectivity index (χ2v) is 17.3. The molecule has 0 heterocycles. The van der Waals surface area contributed by atoms with Gasteiger partial charge in [-0.15, -0.1) is 0 Å². The van der Waals surface area contributed by atoms with Gasteiger partial charge in [0.05, 0.1) is 0 Å². The van der Waals surface area contributed by atoms with Crippen LogP contribution in [0.3, 0.4) is 0 Å². The van der Waals surface area contributed by atoms with E-state index in [1.807, 2.05) is 101 Å². The number of aromatic hydroxyl groups is 1. The van der Waals surface area contributed by atoms with Crippen LogP contribution in [0.2, 0.25) is 0 Å². The summed E-state index contributed by atoms with van der Waals surface area (Å²) in [6.45, 7) is 16.4. The molecular formula is C38H48O8P2. The van der Waals surface area contributed by atoms with Crippen LogP contribution in [0.4, 0.5) is 0 Å². The zero-order chi connectivity index (χ0) is 35.5. The van der Waals surface area contributed by atoms with Crippen molar-refractivity contribution >= 4 is 15.6 Å². The maximum atomic E-state index is 13.7. The fraction of sp³-hybridized carbons (Fsp3) is 0.421. The van der Waals surface area contributed by atoms with E-state index in [0.717, 1.165) is 5.56 Å². The Morgan fingerprint density at radius 2 is 0.875 bits per heavy atom. The quantitative estimate of drug-likeness (QED) is 0.198. The van der Waals surface area contributed by atoms with Gasteiger partial charge in [-0.3, -0.25) is 4.89 Å². The summed E-state index contributed by atoms with van der Waals surface area (Å²) in [7, 11) is -11.0. The van der Waals surface area contributed by atoms with E-state index < -0.39 is 37.3 Å². The Labute approximate surface area is 284 Å². The molecule has 0 radical (unpaired) electrons. The zero-order valence-corrected chi connectivity index (χ0v) is 30.7. The number of phosphoric acid groups is 2. The van der Waals surface area contributed by atoms with Gasteiger partial charge in [-0.25, -0.2) is 9.13 Å². The Morgan fingerprint density at radius 1 is 0.542 bits per heavy atom. The Bertz CT molecular complexity index is 1820. The van der Waals surface area contributed by atoms with Crippen LogP contribution in [-0.2, 0) is 35.1 Å². The summed E-state index contributed by atoms with van der Waals surface area (Å²) in [5, 5.41) is 13.0. The van der Waals surface area contributed by atoms with Crippen molar-refractivity contribution < 1.29 is 37.8 Å². The van der Waals surface area contributed by atoms with Gasteiger partial charge in [0.1, 0.15) is 11.5 Å². The van der Waals surface area contributed by atoms with E-state index in [4.69, 9.17) is 4.52 Å². The molecule has 4 aliphatic carbocycles. The van der Waals surface area contributed by atoms with Crippen molar-refractivity contribution in [3.05, 3.63) is 119 Å². The third-order valence-corrected chi connectivity index (χ3v) is 13.7. The lowest BCUT2D eigenvalue weighted by atomic mass is 9.55. The van der Waals surface area contributed by atoms with E-state index in [1.165, 1.54) is 0 Å². The molecule has 9 atom stereocenters. The van der Waals surface area contributed by atoms with Crippen LogP contribution in [0, 0.1) is 23.7 Å². The molecule has 258 valence electrons. The number of allylic oxidation sites excluding steroid dienone is 16. The minimum atomic E-state index is -5.50. The van der Waals surface area contributed by atoms with Crippen LogP contribution in [-0.4, -0.2) is 19.8 Å². The van der Waals surface area contributed by atoms with Gasteiger partial charge in [0, 0.05) is 38.4 Å². The zero-order valence-electron chi connectivity index (χ0n) is 28.9. The minimum Gasteiger partial charge on any atom is -0.507 e. The van der Waals surface area contributed by atoms with Gasteiger partial charge in [-0.2, -0.15) is 4.31 Å². The highest BCUT2D eigenvalue weighted by molar-refractivity contribution is 7.60. The molecule has 9 unspecified atom stereocenters. The van der Waals surface area contributed by atoms with Gasteiger partial charge in [-0.05, 0) is 29.2 Å². The summed E-state index contributed by atoms with van der Waals surface area (Å²) < 4.78 is 36.2. The first kappa shape index (κ1) is 36.3. The molecule has 10 heteroatoms. The van der Waals surface area contributed by atoms with Crippen molar-refractivity contribution in [1.29, 1.82) is 0 Å². The maximum absolute atomic E-state index is 13.7. The Hall–Kier alpha value is -2.96. The largest absolute Gasteiger partial charge is 0.536 e. The lowest BCUT2D eigenvalue weighted by Crippen LogP contribution is -2.42. The van der Waals surface area contributed by atoms with E-state index in [0.29, 0.717) is 11.1 Å². The van der Waals surface area contributed by atoms with E-state index in [-0.39, 0.29) is 40.7 Å². The SMILES string of the molecule is CC1C=CC=CC1(C)c1c(O)c(C2(C)C=CC=CC2C)c(C2(C)C=CC=CC2C)c(C2(C)C=CC=CC2C)c1OP(=O)(O)OP(=O)(O)O. The van der Waals surface area contributed by atoms with Crippen LogP contribution >= 0.6 is 15.6 Å². The second-order valence-electron chi connectivity index (χ2n) is 14.6. The van der Waals surface area contributed by atoms with Gasteiger partial charge in [-0.1, -0.05) is 153 Å². The van der Waals surface area contributed by atoms with Crippen molar-refractivity contribution in [1.82, 2.24) is 0 Å². The Morgan fingerprint density at radius 3 is 1.23 bits per heavy atom. The predicted octanol–water partition coefficient (Wildman–Crippen LogP) is 9.06. The maximum Gasteiger partial charge on any atom is 0.536 e. The van der Waals surface area contributed by atoms with Crippen LogP contribution in [0.1, 0.15) is 77.6 Å². The van der Waals surface area contributed by atoms with E-state index >= 15 is 0 Å². The van der Waals surface area contributed by atoms with E-state index in [9.17, 15) is 28.9 Å². The van der Waals surface area contributed by atoms with Crippen molar-refractivity contribution in [2.24, 2.45) is 23.7 Å². The summed E-state index contributed by atoms with van der Waals surface area (Å²) in [6, 6.07) is 0. The van der Waals surface area contributed by atoms with Gasteiger partial charge in [0.25, 0.3) is 0 Å². The first-order chi connectivity index (χ1) is 22.2. The van der Waals surface area contributed by atoms with E-state index in [1.54, 1.807) is 0 Å². The van der Waals surface area contributed by atoms with Gasteiger partial charge in [0.15, 0.2) is 0 Å². The third-order valence-electron chi connectivity index (χ3n) is 11.6. The van der Waals surface area contributed by atoms with Crippen LogP contribution < -0.4 is 4.52 Å². The Balaban J connectivity index is 2.10. The standard InChI is InChI=1S/C38H48O8P2/c1-25-17-9-13-21-35(25,5)29-30(36(6)22-14-10-18-26(36)2)33(39)32(38(8)24-16-12-20-28(38)4)34(45-48(43,44)46-47(40,41)42)31(29)37(7)23-15-11-19-27(37)3/h9-28,39H,1-8H3,(H,43,44)(H2,40,41,42). The normalized spacial score (nSPS) is 36.8. The molecule has 0 fully saturated rings. The van der Waals surface area contributed by atoms with Crippen molar-refractivity contribution in [2.75, 3.05) is 0 Å². The van der Waals surface area contributed by atoms with Gasteiger partial charge in [0.2, 0.25) is 0 Å². The second kappa shape index (κ2) is 12.4. The molecular weight excluding hydrogens is 646 g/mol. The number of phenolic OH excluding ortho intramolecular Hbond substituents is 1. The topological polar surface area (TPSA) is 134 Å². The number of benzene rings is 1. The molecule has 4 N–H and O–H groups in total. The molecule has 48 heavy (non-hydrogen) atoms. The van der Waals surface area contributed by atoms with E-state index in [2.05, 4.69) is 56.3 Å². The molecule has 8 nitrogen and oxygen atoms in total. The smallest absolute Gasteiger partial charge is 0.507 e. The average molecular weight is 695 g/mol. The summed E-state index contributed by atoms with van der Waals surface area (Å²) in [5.74, 6) is -0.794. The highest BCUT2D eigenvalue weighted by Gasteiger charge is 2.52. The molecule has 0 spiro atoms. The van der Waals surface area contributed by atoms with Crippen molar-refractivity contribution in [3.8, 4) is 11.5 Å². The van der Waals surface area contributed by atoms with Crippen LogP contribution in [0.25, 0.3) is 0 Å². The predicted molar refractivity (Wildman–Crippen MR) is 191 cm³/mol. The summed E-state index contributed by atoms with van der Waals surface area (Å²) in [6.07, 6.45) is 31.9. The molecule has 0 saturated heterocycles. The van der Waals surface area contributed by atoms with Gasteiger partial charge >= 0.3 is 15.6 Å². The molecule has 0 aromatic heterocycles. The number of hydrogen-bond donors (Lipinski definition) is 4. The lowest BCUT2D eigenvalue weighted by Gasteiger charge is -2.49. The monoisotopic (exact) mass is 694 g/mol. The molecule has 1 aromatic rings. The van der Waals surface area contributed by atoms with Gasteiger partial charge < -0.3 is 19.4 Å². The minimum absolute atomic E-state index is 0.0670. The molecule has 1 aromatic carbocycles. The lowest BCUT2D eigenvalue weighted by molar-refractivity contribution is 0.226. The summed E-state index contributed by atoms with van der Waals surface area (Å²) >= 11 is 0. The highest BCUT2D eigenvalue weighted by Crippen LogP contribution is 2.65.